The van der Waals surface area contributed by atoms with Gasteiger partial charge in [-0.1, -0.05) is 13.0 Å². The summed E-state index contributed by atoms with van der Waals surface area (Å²) in [5.74, 6) is 1.97. The van der Waals surface area contributed by atoms with Gasteiger partial charge in [0.05, 0.1) is 32.6 Å². The molecule has 1 fully saturated rings. The largest absolute Gasteiger partial charge is 0.467 e. The highest BCUT2D eigenvalue weighted by Crippen LogP contribution is 2.33. The van der Waals surface area contributed by atoms with Crippen LogP contribution in [0.1, 0.15) is 37.5 Å². The van der Waals surface area contributed by atoms with Crippen molar-refractivity contribution in [2.24, 2.45) is 0 Å². The smallest absolute Gasteiger partial charge is 0.242 e. The average molecular weight is 486 g/mol. The molecule has 3 heterocycles. The minimum atomic E-state index is -0.116. The molecule has 190 valence electrons. The molecule has 1 aromatic heterocycles. The molecule has 2 aliphatic heterocycles. The van der Waals surface area contributed by atoms with Crippen LogP contribution in [0.25, 0.3) is 0 Å². The number of furan rings is 1. The highest BCUT2D eigenvalue weighted by Gasteiger charge is 2.23. The van der Waals surface area contributed by atoms with E-state index in [-0.39, 0.29) is 25.2 Å². The van der Waals surface area contributed by atoms with Gasteiger partial charge in [-0.3, -0.25) is 14.5 Å². The van der Waals surface area contributed by atoms with Crippen molar-refractivity contribution in [1.29, 1.82) is 0 Å². The minimum absolute atomic E-state index is 0.0175. The number of morpholine rings is 1. The van der Waals surface area contributed by atoms with E-state index in [4.69, 9.17) is 18.6 Å². The molecule has 9 heteroatoms. The zero-order valence-electron chi connectivity index (χ0n) is 20.4. The Labute approximate surface area is 206 Å². The number of carbonyl (C=O) groups is 2. The molecule has 2 aliphatic rings. The summed E-state index contributed by atoms with van der Waals surface area (Å²) in [6, 6.07) is 9.34. The van der Waals surface area contributed by atoms with E-state index < -0.39 is 0 Å². The van der Waals surface area contributed by atoms with Crippen molar-refractivity contribution in [3.63, 3.8) is 0 Å². The Morgan fingerprint density at radius 1 is 1.00 bits per heavy atom. The topological polar surface area (TPSA) is 84.7 Å². The van der Waals surface area contributed by atoms with E-state index in [0.29, 0.717) is 43.3 Å². The van der Waals surface area contributed by atoms with Crippen LogP contribution in [0.4, 0.5) is 0 Å². The second-order valence-corrected chi connectivity index (χ2v) is 8.89. The molecule has 0 N–H and O–H groups in total. The zero-order valence-corrected chi connectivity index (χ0v) is 20.4. The second-order valence-electron chi connectivity index (χ2n) is 8.89. The predicted molar refractivity (Wildman–Crippen MR) is 129 cm³/mol. The molecule has 1 saturated heterocycles. The summed E-state index contributed by atoms with van der Waals surface area (Å²) in [6.07, 6.45) is 3.61. The zero-order chi connectivity index (χ0) is 24.5. The van der Waals surface area contributed by atoms with E-state index in [1.807, 2.05) is 31.2 Å². The quantitative estimate of drug-likeness (QED) is 0.457. The number of carbonyl (C=O) groups excluding carboxylic acids is 2. The summed E-state index contributed by atoms with van der Waals surface area (Å²) in [5.41, 5.74) is 0.924. The van der Waals surface area contributed by atoms with Gasteiger partial charge < -0.3 is 28.4 Å². The lowest BCUT2D eigenvalue weighted by Crippen LogP contribution is -2.44. The molecule has 0 atom stereocenters. The Hall–Kier alpha value is -3.04. The lowest BCUT2D eigenvalue weighted by atomic mass is 10.1. The summed E-state index contributed by atoms with van der Waals surface area (Å²) in [5, 5.41) is 0. The molecule has 0 aliphatic carbocycles. The molecule has 0 unspecified atom stereocenters. The molecular formula is C26H35N3O6. The maximum atomic E-state index is 13.5. The SMILES string of the molecule is CCCC(=O)N(CCCN1CCOCC1)CC(=O)N(Cc1ccc2c(c1)OCO2)Cc1ccco1. The van der Waals surface area contributed by atoms with Gasteiger partial charge in [-0.05, 0) is 42.7 Å². The van der Waals surface area contributed by atoms with Crippen LogP contribution >= 0.6 is 0 Å². The van der Waals surface area contributed by atoms with E-state index in [1.54, 1.807) is 22.1 Å². The van der Waals surface area contributed by atoms with Crippen molar-refractivity contribution < 1.29 is 28.2 Å². The molecule has 0 radical (unpaired) electrons. The van der Waals surface area contributed by atoms with Gasteiger partial charge in [0, 0.05) is 39.1 Å². The van der Waals surface area contributed by atoms with Crippen LogP contribution in [-0.2, 0) is 27.4 Å². The average Bonchev–Trinajstić information content (AvgIpc) is 3.55. The molecule has 0 bridgehead atoms. The first-order valence-electron chi connectivity index (χ1n) is 12.4. The van der Waals surface area contributed by atoms with Crippen molar-refractivity contribution in [3.05, 3.63) is 47.9 Å². The summed E-state index contributed by atoms with van der Waals surface area (Å²) in [7, 11) is 0. The predicted octanol–water partition coefficient (Wildman–Crippen LogP) is 2.89. The summed E-state index contributed by atoms with van der Waals surface area (Å²) < 4.78 is 21.8. The van der Waals surface area contributed by atoms with Crippen LogP contribution in [0.3, 0.4) is 0 Å². The number of hydrogen-bond acceptors (Lipinski definition) is 7. The number of rotatable bonds is 12. The Balaban J connectivity index is 1.42. The van der Waals surface area contributed by atoms with E-state index >= 15 is 0 Å². The van der Waals surface area contributed by atoms with Gasteiger partial charge in [-0.2, -0.15) is 0 Å². The van der Waals surface area contributed by atoms with Gasteiger partial charge in [-0.15, -0.1) is 0 Å². The fourth-order valence-corrected chi connectivity index (χ4v) is 4.32. The summed E-state index contributed by atoms with van der Waals surface area (Å²) in [4.78, 5) is 32.1. The Kier molecular flexibility index (Phi) is 9.02. The third-order valence-corrected chi connectivity index (χ3v) is 6.24. The Morgan fingerprint density at radius 2 is 1.83 bits per heavy atom. The van der Waals surface area contributed by atoms with Crippen LogP contribution < -0.4 is 9.47 Å². The first kappa shape index (κ1) is 25.1. The third kappa shape index (κ3) is 7.22. The molecule has 9 nitrogen and oxygen atoms in total. The van der Waals surface area contributed by atoms with E-state index in [2.05, 4.69) is 4.90 Å². The third-order valence-electron chi connectivity index (χ3n) is 6.24. The molecule has 0 spiro atoms. The molecule has 4 rings (SSSR count). The fourth-order valence-electron chi connectivity index (χ4n) is 4.32. The molecule has 35 heavy (non-hydrogen) atoms. The minimum Gasteiger partial charge on any atom is -0.467 e. The van der Waals surface area contributed by atoms with Gasteiger partial charge in [0.15, 0.2) is 11.5 Å². The van der Waals surface area contributed by atoms with Crippen LogP contribution in [0, 0.1) is 0 Å². The van der Waals surface area contributed by atoms with Crippen molar-refractivity contribution >= 4 is 11.8 Å². The summed E-state index contributed by atoms with van der Waals surface area (Å²) >= 11 is 0. The molecule has 0 saturated carbocycles. The van der Waals surface area contributed by atoms with Crippen molar-refractivity contribution in [2.75, 3.05) is 52.7 Å². The first-order valence-corrected chi connectivity index (χ1v) is 12.4. The van der Waals surface area contributed by atoms with Gasteiger partial charge >= 0.3 is 0 Å². The molecular weight excluding hydrogens is 450 g/mol. The maximum absolute atomic E-state index is 13.5. The van der Waals surface area contributed by atoms with Gasteiger partial charge in [0.1, 0.15) is 5.76 Å². The lowest BCUT2D eigenvalue weighted by molar-refractivity contribution is -0.141. The number of fused-ring (bicyclic) bond motifs is 1. The number of amides is 2. The molecule has 2 aromatic rings. The van der Waals surface area contributed by atoms with E-state index in [0.717, 1.165) is 51.3 Å². The number of benzene rings is 1. The van der Waals surface area contributed by atoms with E-state index in [1.165, 1.54) is 0 Å². The highest BCUT2D eigenvalue weighted by atomic mass is 16.7. The van der Waals surface area contributed by atoms with E-state index in [9.17, 15) is 9.59 Å². The normalized spacial score (nSPS) is 15.2. The Bertz CT molecular complexity index is 958. The highest BCUT2D eigenvalue weighted by molar-refractivity contribution is 5.84. The first-order chi connectivity index (χ1) is 17.1. The van der Waals surface area contributed by atoms with Gasteiger partial charge in [-0.25, -0.2) is 0 Å². The number of hydrogen-bond donors (Lipinski definition) is 0. The lowest BCUT2D eigenvalue weighted by Gasteiger charge is -2.30. The fraction of sp³-hybridized carbons (Fsp3) is 0.538. The number of ether oxygens (including phenoxy) is 3. The molecule has 2 amide bonds. The van der Waals surface area contributed by atoms with Crippen molar-refractivity contribution in [2.45, 2.75) is 39.3 Å². The Morgan fingerprint density at radius 3 is 2.60 bits per heavy atom. The van der Waals surface area contributed by atoms with Crippen LogP contribution in [0.2, 0.25) is 0 Å². The van der Waals surface area contributed by atoms with Crippen molar-refractivity contribution in [1.82, 2.24) is 14.7 Å². The second kappa shape index (κ2) is 12.6. The van der Waals surface area contributed by atoms with Crippen LogP contribution in [-0.4, -0.2) is 79.2 Å². The van der Waals surface area contributed by atoms with Crippen molar-refractivity contribution in [3.8, 4) is 11.5 Å². The maximum Gasteiger partial charge on any atom is 0.242 e. The van der Waals surface area contributed by atoms with Gasteiger partial charge in [0.25, 0.3) is 0 Å². The van der Waals surface area contributed by atoms with Gasteiger partial charge in [0.2, 0.25) is 18.6 Å². The molecule has 1 aromatic carbocycles. The number of nitrogens with zero attached hydrogens (tertiary/aromatic N) is 3. The monoisotopic (exact) mass is 485 g/mol. The standard InChI is InChI=1S/C26H35N3O6/c1-2-5-25(30)28(10-4-9-27-11-14-32-15-12-27)19-26(31)29(18-22-6-3-13-33-22)17-21-7-8-23-24(16-21)35-20-34-23/h3,6-8,13,16H,2,4-5,9-12,14-15,17-20H2,1H3. The van der Waals surface area contributed by atoms with Crippen LogP contribution in [0.15, 0.2) is 41.0 Å². The van der Waals surface area contributed by atoms with Crippen LogP contribution in [0.5, 0.6) is 11.5 Å². The summed E-state index contributed by atoms with van der Waals surface area (Å²) in [6.45, 7) is 7.69.